The summed E-state index contributed by atoms with van der Waals surface area (Å²) in [5, 5.41) is 3.20. The molecule has 1 heterocycles. The van der Waals surface area contributed by atoms with Gasteiger partial charge in [-0.15, -0.1) is 0 Å². The third kappa shape index (κ3) is 7.08. The van der Waals surface area contributed by atoms with Gasteiger partial charge in [0.15, 0.2) is 0 Å². The van der Waals surface area contributed by atoms with Crippen molar-refractivity contribution in [1.29, 1.82) is 0 Å². The number of hydrazine groups is 1. The van der Waals surface area contributed by atoms with Gasteiger partial charge in [0.25, 0.3) is 0 Å². The number of nitrogens with zero attached hydrogens (tertiary/aromatic N) is 1. The lowest BCUT2D eigenvalue weighted by atomic mass is 10.0. The zero-order valence-corrected chi connectivity index (χ0v) is 12.1. The van der Waals surface area contributed by atoms with E-state index in [-0.39, 0.29) is 0 Å². The molecule has 1 rings (SSSR count). The molecule has 0 aromatic rings. The van der Waals surface area contributed by atoms with Crippen molar-refractivity contribution in [3.63, 3.8) is 0 Å². The van der Waals surface area contributed by atoms with Gasteiger partial charge >= 0.3 is 0 Å². The van der Waals surface area contributed by atoms with Crippen molar-refractivity contribution < 1.29 is 4.74 Å². The van der Waals surface area contributed by atoms with Gasteiger partial charge in [-0.25, -0.2) is 5.84 Å². The molecule has 18 heavy (non-hydrogen) atoms. The molecule has 0 aliphatic carbocycles. The molecule has 5 nitrogen and oxygen atoms in total. The van der Waals surface area contributed by atoms with E-state index in [1.165, 1.54) is 24.3 Å². The predicted molar refractivity (Wildman–Crippen MR) is 78.8 cm³/mol. The van der Waals surface area contributed by atoms with Crippen molar-refractivity contribution >= 4 is 17.7 Å². The number of rotatable bonds is 7. The fourth-order valence-electron chi connectivity index (χ4n) is 1.83. The summed E-state index contributed by atoms with van der Waals surface area (Å²) in [7, 11) is 0. The van der Waals surface area contributed by atoms with Crippen LogP contribution in [0.4, 0.5) is 0 Å². The maximum Gasteiger partial charge on any atom is 0.205 e. The van der Waals surface area contributed by atoms with Crippen LogP contribution in [0.15, 0.2) is 4.99 Å². The van der Waals surface area contributed by atoms with Gasteiger partial charge in [-0.1, -0.05) is 0 Å². The topological polar surface area (TPSA) is 71.7 Å². The van der Waals surface area contributed by atoms with Crippen LogP contribution in [0.1, 0.15) is 26.2 Å². The van der Waals surface area contributed by atoms with Gasteiger partial charge in [-0.2, -0.15) is 11.8 Å². The van der Waals surface area contributed by atoms with Crippen LogP contribution in [0.5, 0.6) is 0 Å². The Morgan fingerprint density at radius 2 is 2.22 bits per heavy atom. The zero-order chi connectivity index (χ0) is 13.1. The summed E-state index contributed by atoms with van der Waals surface area (Å²) in [5.74, 6) is 9.41. The molecule has 106 valence electrons. The highest BCUT2D eigenvalue weighted by Gasteiger charge is 2.13. The summed E-state index contributed by atoms with van der Waals surface area (Å²) in [6.07, 6.45) is 3.52. The van der Waals surface area contributed by atoms with Gasteiger partial charge in [0, 0.05) is 26.3 Å². The van der Waals surface area contributed by atoms with Crippen LogP contribution >= 0.6 is 11.8 Å². The Balaban J connectivity index is 2.13. The molecule has 1 aliphatic rings. The average molecular weight is 274 g/mol. The standard InChI is InChI=1S/C12H26N4OS/c1-2-17-7-3-6-14-12(16-13)15-10-11-4-8-18-9-5-11/h11H,2-10,13H2,1H3,(H2,14,15,16). The van der Waals surface area contributed by atoms with E-state index in [2.05, 4.69) is 15.7 Å². The Kier molecular flexibility index (Phi) is 9.06. The normalized spacial score (nSPS) is 17.8. The van der Waals surface area contributed by atoms with Gasteiger partial charge in [0.2, 0.25) is 5.96 Å². The van der Waals surface area contributed by atoms with Crippen LogP contribution in [0.2, 0.25) is 0 Å². The average Bonchev–Trinajstić information content (AvgIpc) is 2.43. The molecule has 1 saturated heterocycles. The largest absolute Gasteiger partial charge is 0.382 e. The number of thioether (sulfide) groups is 1. The summed E-state index contributed by atoms with van der Waals surface area (Å²) < 4.78 is 5.27. The number of guanidine groups is 1. The summed E-state index contributed by atoms with van der Waals surface area (Å²) in [5.41, 5.74) is 2.63. The highest BCUT2D eigenvalue weighted by Crippen LogP contribution is 2.22. The SMILES string of the molecule is CCOCCCNC(=NCC1CCSCC1)NN. The molecule has 0 saturated carbocycles. The maximum absolute atomic E-state index is 5.45. The van der Waals surface area contributed by atoms with E-state index in [4.69, 9.17) is 10.6 Å². The first-order chi connectivity index (χ1) is 8.86. The lowest BCUT2D eigenvalue weighted by Crippen LogP contribution is -2.42. The highest BCUT2D eigenvalue weighted by molar-refractivity contribution is 7.99. The number of aliphatic imine (C=N–C) groups is 1. The lowest BCUT2D eigenvalue weighted by molar-refractivity contribution is 0.145. The van der Waals surface area contributed by atoms with E-state index >= 15 is 0 Å². The minimum absolute atomic E-state index is 0.699. The van der Waals surface area contributed by atoms with Gasteiger partial charge < -0.3 is 10.1 Å². The van der Waals surface area contributed by atoms with Gasteiger partial charge in [-0.05, 0) is 43.6 Å². The molecule has 0 bridgehead atoms. The first kappa shape index (κ1) is 15.6. The third-order valence-corrected chi connectivity index (χ3v) is 4.00. The monoisotopic (exact) mass is 274 g/mol. The van der Waals surface area contributed by atoms with Crippen LogP contribution in [0, 0.1) is 5.92 Å². The number of nitrogens with two attached hydrogens (primary N) is 1. The molecule has 6 heteroatoms. The Hall–Kier alpha value is -0.460. The van der Waals surface area contributed by atoms with Crippen LogP contribution < -0.4 is 16.6 Å². The Bertz CT molecular complexity index is 232. The van der Waals surface area contributed by atoms with E-state index in [0.717, 1.165) is 38.6 Å². The number of nitrogens with one attached hydrogen (secondary N) is 2. The van der Waals surface area contributed by atoms with Gasteiger partial charge in [0.1, 0.15) is 0 Å². The van der Waals surface area contributed by atoms with Gasteiger partial charge in [-0.3, -0.25) is 10.4 Å². The van der Waals surface area contributed by atoms with E-state index in [1.54, 1.807) is 0 Å². The maximum atomic E-state index is 5.45. The number of ether oxygens (including phenoxy) is 1. The second-order valence-electron chi connectivity index (χ2n) is 4.37. The van der Waals surface area contributed by atoms with Crippen molar-refractivity contribution in [1.82, 2.24) is 10.7 Å². The second-order valence-corrected chi connectivity index (χ2v) is 5.59. The van der Waals surface area contributed by atoms with Crippen LogP contribution in [-0.2, 0) is 4.74 Å². The quantitative estimate of drug-likeness (QED) is 0.212. The van der Waals surface area contributed by atoms with Crippen molar-refractivity contribution in [2.24, 2.45) is 16.8 Å². The van der Waals surface area contributed by atoms with Crippen LogP contribution in [0.3, 0.4) is 0 Å². The first-order valence-electron chi connectivity index (χ1n) is 6.77. The molecular formula is C12H26N4OS. The number of hydrogen-bond donors (Lipinski definition) is 3. The molecule has 4 N–H and O–H groups in total. The van der Waals surface area contributed by atoms with Crippen molar-refractivity contribution in [2.75, 3.05) is 37.8 Å². The number of hydrogen-bond acceptors (Lipinski definition) is 4. The summed E-state index contributed by atoms with van der Waals surface area (Å²) in [6, 6.07) is 0. The molecule has 0 unspecified atom stereocenters. The van der Waals surface area contributed by atoms with E-state index in [9.17, 15) is 0 Å². The van der Waals surface area contributed by atoms with Crippen molar-refractivity contribution in [3.05, 3.63) is 0 Å². The van der Waals surface area contributed by atoms with Crippen LogP contribution in [0.25, 0.3) is 0 Å². The van der Waals surface area contributed by atoms with E-state index < -0.39 is 0 Å². The van der Waals surface area contributed by atoms with E-state index in [1.807, 2.05) is 18.7 Å². The molecule has 0 aromatic heterocycles. The van der Waals surface area contributed by atoms with Gasteiger partial charge in [0.05, 0.1) is 0 Å². The molecule has 1 fully saturated rings. The summed E-state index contributed by atoms with van der Waals surface area (Å²) in [6.45, 7) is 5.27. The molecule has 0 spiro atoms. The minimum atomic E-state index is 0.699. The first-order valence-corrected chi connectivity index (χ1v) is 7.92. The molecule has 1 aliphatic heterocycles. The molecule has 0 atom stereocenters. The third-order valence-electron chi connectivity index (χ3n) is 2.95. The predicted octanol–water partition coefficient (Wildman–Crippen LogP) is 0.965. The molecule has 0 aromatic carbocycles. The Morgan fingerprint density at radius 1 is 1.44 bits per heavy atom. The minimum Gasteiger partial charge on any atom is -0.382 e. The lowest BCUT2D eigenvalue weighted by Gasteiger charge is -2.19. The van der Waals surface area contributed by atoms with Crippen LogP contribution in [-0.4, -0.2) is 43.8 Å². The summed E-state index contributed by atoms with van der Waals surface area (Å²) >= 11 is 2.04. The zero-order valence-electron chi connectivity index (χ0n) is 11.3. The van der Waals surface area contributed by atoms with E-state index in [0.29, 0.717) is 5.96 Å². The molecular weight excluding hydrogens is 248 g/mol. The molecule has 0 radical (unpaired) electrons. The van der Waals surface area contributed by atoms with Crippen molar-refractivity contribution in [2.45, 2.75) is 26.2 Å². The van der Waals surface area contributed by atoms with Crippen molar-refractivity contribution in [3.8, 4) is 0 Å². The summed E-state index contributed by atoms with van der Waals surface area (Å²) in [4.78, 5) is 4.50. The second kappa shape index (κ2) is 10.5. The fraction of sp³-hybridized carbons (Fsp3) is 0.917. The smallest absolute Gasteiger partial charge is 0.205 e. The Labute approximate surface area is 114 Å². The Morgan fingerprint density at radius 3 is 2.89 bits per heavy atom. The fourth-order valence-corrected chi connectivity index (χ4v) is 3.03. The highest BCUT2D eigenvalue weighted by atomic mass is 32.2. The molecule has 0 amide bonds.